The third kappa shape index (κ3) is 2.39. The highest BCUT2D eigenvalue weighted by atomic mass is 19.1. The lowest BCUT2D eigenvalue weighted by Gasteiger charge is -2.17. The normalized spacial score (nSPS) is 12.4. The minimum Gasteiger partial charge on any atom is -0.326 e. The lowest BCUT2D eigenvalue weighted by molar-refractivity contribution is 0.597. The van der Waals surface area contributed by atoms with Crippen LogP contribution in [0.3, 0.4) is 0 Å². The van der Waals surface area contributed by atoms with Gasteiger partial charge in [-0.15, -0.1) is 0 Å². The Kier molecular flexibility index (Phi) is 3.69. The van der Waals surface area contributed by atoms with Crippen LogP contribution in [0.15, 0.2) is 42.5 Å². The van der Waals surface area contributed by atoms with Gasteiger partial charge in [0, 0.05) is 12.1 Å². The minimum atomic E-state index is -0.648. The van der Waals surface area contributed by atoms with Crippen LogP contribution in [0.5, 0.6) is 0 Å². The lowest BCUT2D eigenvalue weighted by Crippen LogP contribution is -2.17. The van der Waals surface area contributed by atoms with Crippen LogP contribution < -0.4 is 11.5 Å². The predicted octanol–water partition coefficient (Wildman–Crippen LogP) is 2.47. The first-order chi connectivity index (χ1) is 8.63. The van der Waals surface area contributed by atoms with Gasteiger partial charge in [-0.3, -0.25) is 0 Å². The summed E-state index contributed by atoms with van der Waals surface area (Å²) in [6.07, 6.45) is 0. The van der Waals surface area contributed by atoms with Gasteiger partial charge in [0.2, 0.25) is 0 Å². The molecule has 4 N–H and O–H groups in total. The summed E-state index contributed by atoms with van der Waals surface area (Å²) in [7, 11) is 0. The SMILES string of the molecule is NCc1cc(F)ccc1C(N)c1ccccc1F. The van der Waals surface area contributed by atoms with Gasteiger partial charge in [0.05, 0.1) is 6.04 Å². The quantitative estimate of drug-likeness (QED) is 0.876. The summed E-state index contributed by atoms with van der Waals surface area (Å²) in [5.41, 5.74) is 13.2. The predicted molar refractivity (Wildman–Crippen MR) is 66.7 cm³/mol. The molecule has 1 unspecified atom stereocenters. The average Bonchev–Trinajstić information content (AvgIpc) is 2.38. The van der Waals surface area contributed by atoms with Crippen LogP contribution in [0, 0.1) is 11.6 Å². The molecule has 94 valence electrons. The maximum absolute atomic E-state index is 13.7. The van der Waals surface area contributed by atoms with Crippen LogP contribution in [0.1, 0.15) is 22.7 Å². The van der Waals surface area contributed by atoms with Gasteiger partial charge >= 0.3 is 0 Å². The van der Waals surface area contributed by atoms with Crippen molar-refractivity contribution in [2.24, 2.45) is 11.5 Å². The Hall–Kier alpha value is -1.78. The first kappa shape index (κ1) is 12.7. The van der Waals surface area contributed by atoms with E-state index in [0.717, 1.165) is 0 Å². The van der Waals surface area contributed by atoms with Crippen molar-refractivity contribution >= 4 is 0 Å². The first-order valence-corrected chi connectivity index (χ1v) is 5.62. The van der Waals surface area contributed by atoms with Gasteiger partial charge in [0.1, 0.15) is 11.6 Å². The zero-order chi connectivity index (χ0) is 13.1. The third-order valence-electron chi connectivity index (χ3n) is 2.90. The molecule has 0 saturated heterocycles. The first-order valence-electron chi connectivity index (χ1n) is 5.62. The number of benzene rings is 2. The Morgan fingerprint density at radius 2 is 1.72 bits per heavy atom. The molecule has 0 aliphatic rings. The van der Waals surface area contributed by atoms with E-state index >= 15 is 0 Å². The van der Waals surface area contributed by atoms with E-state index < -0.39 is 6.04 Å². The molecule has 0 radical (unpaired) electrons. The standard InChI is InChI=1S/C14H14F2N2/c15-10-5-6-11(9(7-10)8-17)14(18)12-3-1-2-4-13(12)16/h1-7,14H,8,17-18H2. The second-order valence-electron chi connectivity index (χ2n) is 4.05. The second-order valence-corrected chi connectivity index (χ2v) is 4.05. The summed E-state index contributed by atoms with van der Waals surface area (Å²) < 4.78 is 26.8. The molecule has 1 atom stereocenters. The Morgan fingerprint density at radius 1 is 1.00 bits per heavy atom. The number of nitrogens with two attached hydrogens (primary N) is 2. The Bertz CT molecular complexity index is 555. The van der Waals surface area contributed by atoms with Crippen molar-refractivity contribution in [2.45, 2.75) is 12.6 Å². The molecular weight excluding hydrogens is 234 g/mol. The molecule has 2 aromatic rings. The lowest BCUT2D eigenvalue weighted by atomic mass is 9.94. The van der Waals surface area contributed by atoms with Gasteiger partial charge in [0.25, 0.3) is 0 Å². The Labute approximate surface area is 104 Å². The zero-order valence-corrected chi connectivity index (χ0v) is 9.74. The maximum atomic E-state index is 13.7. The molecule has 0 heterocycles. The second kappa shape index (κ2) is 5.25. The molecule has 18 heavy (non-hydrogen) atoms. The largest absolute Gasteiger partial charge is 0.326 e. The van der Waals surface area contributed by atoms with Crippen molar-refractivity contribution < 1.29 is 8.78 Å². The monoisotopic (exact) mass is 248 g/mol. The molecular formula is C14H14F2N2. The van der Waals surface area contributed by atoms with Gasteiger partial charge in [-0.1, -0.05) is 24.3 Å². The summed E-state index contributed by atoms with van der Waals surface area (Å²) in [4.78, 5) is 0. The topological polar surface area (TPSA) is 52.0 Å². The number of hydrogen-bond donors (Lipinski definition) is 2. The third-order valence-corrected chi connectivity index (χ3v) is 2.90. The maximum Gasteiger partial charge on any atom is 0.128 e. The van der Waals surface area contributed by atoms with E-state index in [9.17, 15) is 8.78 Å². The van der Waals surface area contributed by atoms with Gasteiger partial charge in [-0.2, -0.15) is 0 Å². The van der Waals surface area contributed by atoms with Crippen LogP contribution in [0.4, 0.5) is 8.78 Å². The van der Waals surface area contributed by atoms with Crippen LogP contribution in [0.25, 0.3) is 0 Å². The summed E-state index contributed by atoms with van der Waals surface area (Å²) in [5.74, 6) is -0.753. The molecule has 4 heteroatoms. The fraction of sp³-hybridized carbons (Fsp3) is 0.143. The van der Waals surface area contributed by atoms with Crippen LogP contribution in [-0.4, -0.2) is 0 Å². The highest BCUT2D eigenvalue weighted by Gasteiger charge is 2.16. The molecule has 2 rings (SSSR count). The highest BCUT2D eigenvalue weighted by molar-refractivity contribution is 5.37. The highest BCUT2D eigenvalue weighted by Crippen LogP contribution is 2.25. The fourth-order valence-electron chi connectivity index (χ4n) is 1.95. The van der Waals surface area contributed by atoms with E-state index in [4.69, 9.17) is 11.5 Å². The molecule has 0 fully saturated rings. The van der Waals surface area contributed by atoms with Crippen molar-refractivity contribution in [2.75, 3.05) is 0 Å². The smallest absolute Gasteiger partial charge is 0.128 e. The molecule has 0 aromatic heterocycles. The van der Waals surface area contributed by atoms with Crippen molar-refractivity contribution in [3.05, 3.63) is 70.8 Å². The summed E-state index contributed by atoms with van der Waals surface area (Å²) >= 11 is 0. The molecule has 2 aromatic carbocycles. The van der Waals surface area contributed by atoms with Gasteiger partial charge < -0.3 is 11.5 Å². The number of halogens is 2. The van der Waals surface area contributed by atoms with Gasteiger partial charge in [0.15, 0.2) is 0 Å². The van der Waals surface area contributed by atoms with E-state index in [2.05, 4.69) is 0 Å². The van der Waals surface area contributed by atoms with Crippen LogP contribution in [0.2, 0.25) is 0 Å². The molecule has 0 aliphatic heterocycles. The molecule has 0 spiro atoms. The van der Waals surface area contributed by atoms with Crippen molar-refractivity contribution in [1.29, 1.82) is 0 Å². The Morgan fingerprint density at radius 3 is 2.39 bits per heavy atom. The molecule has 0 aliphatic carbocycles. The van der Waals surface area contributed by atoms with Crippen molar-refractivity contribution in [3.63, 3.8) is 0 Å². The van der Waals surface area contributed by atoms with E-state index in [1.165, 1.54) is 18.2 Å². The van der Waals surface area contributed by atoms with Crippen molar-refractivity contribution in [1.82, 2.24) is 0 Å². The number of hydrogen-bond acceptors (Lipinski definition) is 2. The molecule has 0 bridgehead atoms. The van der Waals surface area contributed by atoms with E-state index in [-0.39, 0.29) is 18.2 Å². The van der Waals surface area contributed by atoms with E-state index in [1.807, 2.05) is 0 Å². The summed E-state index contributed by atoms with van der Waals surface area (Å²) in [6, 6.07) is 9.80. The van der Waals surface area contributed by atoms with E-state index in [0.29, 0.717) is 16.7 Å². The number of rotatable bonds is 3. The average molecular weight is 248 g/mol. The molecule has 0 saturated carbocycles. The van der Waals surface area contributed by atoms with Crippen LogP contribution >= 0.6 is 0 Å². The van der Waals surface area contributed by atoms with Gasteiger partial charge in [-0.25, -0.2) is 8.78 Å². The Balaban J connectivity index is 2.46. The molecule has 0 amide bonds. The van der Waals surface area contributed by atoms with E-state index in [1.54, 1.807) is 24.3 Å². The van der Waals surface area contributed by atoms with Crippen LogP contribution in [-0.2, 0) is 6.54 Å². The fourth-order valence-corrected chi connectivity index (χ4v) is 1.95. The van der Waals surface area contributed by atoms with Gasteiger partial charge in [-0.05, 0) is 29.3 Å². The summed E-state index contributed by atoms with van der Waals surface area (Å²) in [5, 5.41) is 0. The van der Waals surface area contributed by atoms with Crippen molar-refractivity contribution in [3.8, 4) is 0 Å². The molecule has 2 nitrogen and oxygen atoms in total. The minimum absolute atomic E-state index is 0.162. The summed E-state index contributed by atoms with van der Waals surface area (Å²) in [6.45, 7) is 0.162. The zero-order valence-electron chi connectivity index (χ0n) is 9.74.